The number of nitrogens with one attached hydrogen (secondary N) is 1. The van der Waals surface area contributed by atoms with Gasteiger partial charge in [0.05, 0.1) is 17.9 Å². The zero-order valence-electron chi connectivity index (χ0n) is 18.6. The molecular formula is C22H27F3N4O3S. The molecule has 2 aliphatic rings. The van der Waals surface area contributed by atoms with Gasteiger partial charge in [-0.15, -0.1) is 11.3 Å². The summed E-state index contributed by atoms with van der Waals surface area (Å²) in [7, 11) is 0. The minimum Gasteiger partial charge on any atom is -0.450 e. The molecule has 180 valence electrons. The summed E-state index contributed by atoms with van der Waals surface area (Å²) in [6.07, 6.45) is -2.38. The molecule has 0 radical (unpaired) electrons. The number of hydrogen-bond donors (Lipinski definition) is 2. The average molecular weight is 485 g/mol. The number of aromatic nitrogens is 1. The Kier molecular flexibility index (Phi) is 6.43. The first-order valence-electron chi connectivity index (χ1n) is 11.1. The van der Waals surface area contributed by atoms with Crippen LogP contribution in [0.3, 0.4) is 0 Å². The van der Waals surface area contributed by atoms with E-state index in [4.69, 9.17) is 10.5 Å². The number of amides is 2. The predicted molar refractivity (Wildman–Crippen MR) is 119 cm³/mol. The molecule has 2 aromatic rings. The van der Waals surface area contributed by atoms with Gasteiger partial charge in [-0.3, -0.25) is 4.79 Å². The molecule has 11 heteroatoms. The Morgan fingerprint density at radius 2 is 1.97 bits per heavy atom. The van der Waals surface area contributed by atoms with Gasteiger partial charge in [0.2, 0.25) is 0 Å². The molecule has 3 heterocycles. The van der Waals surface area contributed by atoms with Crippen LogP contribution in [0.15, 0.2) is 0 Å². The number of hydrogen-bond acceptors (Lipinski definition) is 6. The molecule has 0 spiro atoms. The van der Waals surface area contributed by atoms with Crippen LogP contribution in [0, 0.1) is 5.92 Å². The van der Waals surface area contributed by atoms with E-state index in [2.05, 4.69) is 10.3 Å². The third kappa shape index (κ3) is 4.60. The molecule has 1 aliphatic heterocycles. The lowest BCUT2D eigenvalue weighted by Gasteiger charge is -2.31. The van der Waals surface area contributed by atoms with Gasteiger partial charge >= 0.3 is 12.3 Å². The van der Waals surface area contributed by atoms with Crippen molar-refractivity contribution in [3.8, 4) is 0 Å². The third-order valence-electron chi connectivity index (χ3n) is 6.34. The van der Waals surface area contributed by atoms with Crippen LogP contribution in [0.2, 0.25) is 0 Å². The van der Waals surface area contributed by atoms with Gasteiger partial charge in [0, 0.05) is 30.2 Å². The molecule has 1 aliphatic carbocycles. The minimum atomic E-state index is -4.59. The van der Waals surface area contributed by atoms with Crippen LogP contribution >= 0.6 is 11.3 Å². The van der Waals surface area contributed by atoms with E-state index in [0.717, 1.165) is 17.8 Å². The number of nitrogen functional groups attached to an aromatic ring is 1. The van der Waals surface area contributed by atoms with Crippen molar-refractivity contribution in [3.63, 3.8) is 0 Å². The summed E-state index contributed by atoms with van der Waals surface area (Å²) in [4.78, 5) is 31.1. The van der Waals surface area contributed by atoms with E-state index >= 15 is 0 Å². The van der Waals surface area contributed by atoms with Crippen LogP contribution in [0.1, 0.15) is 59.6 Å². The summed E-state index contributed by atoms with van der Waals surface area (Å²) in [5.74, 6) is -0.384. The molecule has 0 aromatic carbocycles. The molecule has 0 bridgehead atoms. The quantitative estimate of drug-likeness (QED) is 0.674. The number of rotatable bonds is 3. The highest BCUT2D eigenvalue weighted by Crippen LogP contribution is 2.46. The minimum absolute atomic E-state index is 0.0474. The number of nitrogens with two attached hydrogens (primary N) is 1. The molecule has 4 rings (SSSR count). The second kappa shape index (κ2) is 9.00. The molecule has 2 aromatic heterocycles. The first-order chi connectivity index (χ1) is 15.6. The SMILES string of the molecule is CCOC(=O)N1CCC(NC(=O)c2sc3nc4c(c(C(F)(F)F)c3c2N)C[C@H](C)CC4)CC1. The molecule has 1 saturated heterocycles. The van der Waals surface area contributed by atoms with Gasteiger partial charge in [-0.1, -0.05) is 6.92 Å². The summed E-state index contributed by atoms with van der Waals surface area (Å²) in [6.45, 7) is 4.80. The number of piperidine rings is 1. The predicted octanol–water partition coefficient (Wildman–Crippen LogP) is 4.37. The molecule has 0 saturated carbocycles. The number of carbonyl (C=O) groups excluding carboxylic acids is 2. The van der Waals surface area contributed by atoms with Crippen LogP contribution in [0.25, 0.3) is 10.2 Å². The maximum atomic E-state index is 14.1. The molecule has 1 fully saturated rings. The van der Waals surface area contributed by atoms with E-state index in [9.17, 15) is 22.8 Å². The van der Waals surface area contributed by atoms with E-state index in [1.807, 2.05) is 6.92 Å². The molecule has 2 amide bonds. The zero-order chi connectivity index (χ0) is 23.9. The summed E-state index contributed by atoms with van der Waals surface area (Å²) in [5.41, 5.74) is 5.89. The topological polar surface area (TPSA) is 97.5 Å². The maximum absolute atomic E-state index is 14.1. The normalized spacial score (nSPS) is 19.4. The van der Waals surface area contributed by atoms with Gasteiger partial charge in [-0.05, 0) is 50.5 Å². The van der Waals surface area contributed by atoms with E-state index in [0.29, 0.717) is 44.5 Å². The first-order valence-corrected chi connectivity index (χ1v) is 11.9. The average Bonchev–Trinajstić information content (AvgIpc) is 3.08. The number of thiophene rings is 1. The maximum Gasteiger partial charge on any atom is 0.417 e. The number of fused-ring (bicyclic) bond motifs is 2. The van der Waals surface area contributed by atoms with E-state index < -0.39 is 17.6 Å². The van der Waals surface area contributed by atoms with E-state index in [1.54, 1.807) is 11.8 Å². The highest BCUT2D eigenvalue weighted by atomic mass is 32.1. The number of ether oxygens (including phenoxy) is 1. The van der Waals surface area contributed by atoms with Crippen molar-refractivity contribution in [2.24, 2.45) is 5.92 Å². The Morgan fingerprint density at radius 1 is 1.27 bits per heavy atom. The van der Waals surface area contributed by atoms with Crippen LogP contribution in [0.5, 0.6) is 0 Å². The van der Waals surface area contributed by atoms with E-state index in [1.165, 1.54) is 0 Å². The van der Waals surface area contributed by atoms with Gasteiger partial charge in [-0.2, -0.15) is 13.2 Å². The number of carbonyl (C=O) groups is 2. The van der Waals surface area contributed by atoms with Crippen molar-refractivity contribution in [2.45, 2.75) is 58.2 Å². The van der Waals surface area contributed by atoms with Crippen molar-refractivity contribution in [2.75, 3.05) is 25.4 Å². The second-order valence-electron chi connectivity index (χ2n) is 8.72. The largest absolute Gasteiger partial charge is 0.450 e. The van der Waals surface area contributed by atoms with Gasteiger partial charge < -0.3 is 20.7 Å². The van der Waals surface area contributed by atoms with Crippen molar-refractivity contribution >= 4 is 39.2 Å². The second-order valence-corrected chi connectivity index (χ2v) is 9.72. The smallest absolute Gasteiger partial charge is 0.417 e. The number of pyridine rings is 1. The Labute approximate surface area is 193 Å². The fourth-order valence-electron chi connectivity index (χ4n) is 4.65. The lowest BCUT2D eigenvalue weighted by Crippen LogP contribution is -2.46. The fourth-order valence-corrected chi connectivity index (χ4v) is 5.68. The Balaban J connectivity index is 1.60. The number of likely N-dealkylation sites (tertiary alicyclic amines) is 1. The Hall–Kier alpha value is -2.56. The number of anilines is 1. The van der Waals surface area contributed by atoms with Crippen LogP contribution in [-0.2, 0) is 23.8 Å². The lowest BCUT2D eigenvalue weighted by molar-refractivity contribution is -0.137. The van der Waals surface area contributed by atoms with Gasteiger partial charge in [0.1, 0.15) is 9.71 Å². The van der Waals surface area contributed by atoms with Gasteiger partial charge in [0.15, 0.2) is 0 Å². The zero-order valence-corrected chi connectivity index (χ0v) is 19.4. The summed E-state index contributed by atoms with van der Waals surface area (Å²) in [6, 6.07) is -0.211. The lowest BCUT2D eigenvalue weighted by atomic mass is 9.84. The Bertz CT molecular complexity index is 1080. The highest BCUT2D eigenvalue weighted by molar-refractivity contribution is 7.21. The van der Waals surface area contributed by atoms with Crippen molar-refractivity contribution < 1.29 is 27.5 Å². The number of alkyl halides is 3. The molecule has 33 heavy (non-hydrogen) atoms. The highest BCUT2D eigenvalue weighted by Gasteiger charge is 2.40. The van der Waals surface area contributed by atoms with Gasteiger partial charge in [-0.25, -0.2) is 9.78 Å². The van der Waals surface area contributed by atoms with Gasteiger partial charge in [0.25, 0.3) is 5.91 Å². The Morgan fingerprint density at radius 3 is 2.61 bits per heavy atom. The fraction of sp³-hybridized carbons (Fsp3) is 0.591. The number of halogens is 3. The standard InChI is InChI=1S/C22H27F3N4O3S/c1-3-32-21(31)29-8-6-12(7-9-29)27-19(30)18-17(26)15-16(22(23,24)25)13-10-11(2)4-5-14(13)28-20(15)33-18/h11-12H,3-10,26H2,1-2H3,(H,27,30)/t11-/m1/s1. The first kappa shape index (κ1) is 23.6. The monoisotopic (exact) mass is 484 g/mol. The number of aryl methyl sites for hydroxylation is 1. The third-order valence-corrected chi connectivity index (χ3v) is 7.43. The summed E-state index contributed by atoms with van der Waals surface area (Å²) in [5, 5.41) is 2.70. The van der Waals surface area contributed by atoms with Crippen LogP contribution in [0.4, 0.5) is 23.7 Å². The summed E-state index contributed by atoms with van der Waals surface area (Å²) < 4.78 is 47.4. The number of nitrogens with zero attached hydrogens (tertiary/aromatic N) is 2. The van der Waals surface area contributed by atoms with Crippen molar-refractivity contribution in [1.82, 2.24) is 15.2 Å². The summed E-state index contributed by atoms with van der Waals surface area (Å²) >= 11 is 0.904. The molecule has 0 unspecified atom stereocenters. The van der Waals surface area contributed by atoms with E-state index in [-0.39, 0.29) is 51.0 Å². The molecule has 1 atom stereocenters. The molecular weight excluding hydrogens is 457 g/mol. The molecule has 3 N–H and O–H groups in total. The van der Waals surface area contributed by atoms with Crippen molar-refractivity contribution in [3.05, 3.63) is 21.7 Å². The molecule has 7 nitrogen and oxygen atoms in total. The van der Waals surface area contributed by atoms with Crippen LogP contribution in [-0.4, -0.2) is 47.6 Å². The van der Waals surface area contributed by atoms with Crippen molar-refractivity contribution in [1.29, 1.82) is 0 Å². The van der Waals surface area contributed by atoms with Crippen LogP contribution < -0.4 is 11.1 Å².